The Labute approximate surface area is 257 Å². The van der Waals surface area contributed by atoms with Gasteiger partial charge in [0.05, 0.1) is 0 Å². The highest BCUT2D eigenvalue weighted by Gasteiger charge is 2.99. The smallest absolute Gasteiger partial charge is 0.301 e. The lowest BCUT2D eigenvalue weighted by atomic mass is 9.85. The first-order valence-electron chi connectivity index (χ1n) is 10.4. The fourth-order valence-electron chi connectivity index (χ4n) is 2.81. The molecule has 1 N–H and O–H groups in total. The Kier molecular flexibility index (Phi) is 11.0. The monoisotopic (exact) mass is 826 g/mol. The Morgan fingerprint density at radius 2 is 0.771 bits per heavy atom. The van der Waals surface area contributed by atoms with Gasteiger partial charge in [-0.15, -0.1) is 0 Å². The van der Waals surface area contributed by atoms with Crippen molar-refractivity contribution >= 4 is 34.4 Å². The Bertz CT molecular complexity index is 1390. The molecule has 0 radical (unpaired) electrons. The van der Waals surface area contributed by atoms with Gasteiger partial charge in [0.1, 0.15) is 5.82 Å². The van der Waals surface area contributed by atoms with Crippen molar-refractivity contribution in [2.45, 2.75) is 74.6 Å². The number of rotatable bonds is 14. The molecule has 0 aliphatic rings. The minimum atomic E-state index is -9.68. The van der Waals surface area contributed by atoms with E-state index in [1.54, 1.807) is 0 Å². The van der Waals surface area contributed by atoms with Gasteiger partial charge in [-0.3, -0.25) is 0 Å². The normalized spacial score (nSPS) is 16.7. The molecule has 0 amide bonds. The molecular weight excluding hydrogens is 823 g/mol. The van der Waals surface area contributed by atoms with Crippen LogP contribution in [0.4, 0.5) is 110 Å². The predicted molar refractivity (Wildman–Crippen MR) is 107 cm³/mol. The summed E-state index contributed by atoms with van der Waals surface area (Å²) >= 11 is -3.09. The van der Waals surface area contributed by atoms with E-state index in [4.69, 9.17) is 16.2 Å². The zero-order valence-corrected chi connectivity index (χ0v) is 23.1. The summed E-state index contributed by atoms with van der Waals surface area (Å²) in [5, 5.41) is -15.6. The average molecular weight is 827 g/mol. The number of hydrogen-bond acceptors (Lipinski definition) is 2. The van der Waals surface area contributed by atoms with E-state index in [2.05, 4.69) is 0 Å². The first-order valence-corrected chi connectivity index (χ1v) is 12.7. The molecule has 0 aliphatic carbocycles. The fourth-order valence-corrected chi connectivity index (χ4v) is 4.14. The van der Waals surface area contributed by atoms with Crippen molar-refractivity contribution in [2.75, 3.05) is 0 Å². The van der Waals surface area contributed by atoms with E-state index in [0.29, 0.717) is 0 Å². The molecule has 1 aromatic rings. The fraction of sp³-hybridized carbons (Fsp3) is 0.667. The zero-order chi connectivity index (χ0) is 39.1. The summed E-state index contributed by atoms with van der Waals surface area (Å²) < 4.78 is 361. The van der Waals surface area contributed by atoms with Crippen LogP contribution in [0.1, 0.15) is 0 Å². The lowest BCUT2D eigenvalue weighted by molar-refractivity contribution is -0.475. The van der Waals surface area contributed by atoms with Crippen LogP contribution in [0.15, 0.2) is 23.1 Å². The second-order valence-corrected chi connectivity index (χ2v) is 11.3. The van der Waals surface area contributed by atoms with Gasteiger partial charge in [0.15, 0.2) is 0 Å². The Balaban J connectivity index is 3.89. The summed E-state index contributed by atoms with van der Waals surface area (Å²) in [4.78, 5) is -2.01. The lowest BCUT2D eigenvalue weighted by Gasteiger charge is -2.45. The lowest BCUT2D eigenvalue weighted by Crippen LogP contribution is -2.78. The molecule has 0 fully saturated rings. The van der Waals surface area contributed by atoms with E-state index >= 15 is 0 Å². The quantitative estimate of drug-likeness (QED) is 0.115. The predicted octanol–water partition coefficient (Wildman–Crippen LogP) is 10.3. The van der Waals surface area contributed by atoms with Gasteiger partial charge in [-0.2, -0.15) is 105 Å². The number of benzene rings is 1. The maximum atomic E-state index is 14.0. The SMILES string of the molecule is O=S(O)C(F)(F)C(F)(F)C(F)(F)C(F)(F)C(F)(F)C(F)(F)C(F)(F)C(F)(F)C(F)(F)C(F)(F)C(F)(F)C(F)(F)Sc1ccc(Cl)cc1F. The molecule has 0 bridgehead atoms. The molecule has 0 aromatic heterocycles. The molecule has 1 atom stereocenters. The maximum absolute atomic E-state index is 14.0. The molecule has 48 heavy (non-hydrogen) atoms. The van der Waals surface area contributed by atoms with Crippen molar-refractivity contribution in [3.63, 3.8) is 0 Å². The van der Waals surface area contributed by atoms with Crippen LogP contribution in [0.25, 0.3) is 0 Å². The number of halogens is 26. The van der Waals surface area contributed by atoms with Crippen molar-refractivity contribution in [1.29, 1.82) is 0 Å². The molecule has 0 aliphatic heterocycles. The number of thioether (sulfide) groups is 1. The summed E-state index contributed by atoms with van der Waals surface area (Å²) in [5.41, 5.74) is 0. The first kappa shape index (κ1) is 44.2. The van der Waals surface area contributed by atoms with Crippen molar-refractivity contribution in [1.82, 2.24) is 0 Å². The third kappa shape index (κ3) is 5.62. The minimum absolute atomic E-state index is 0.0820. The van der Waals surface area contributed by atoms with Crippen LogP contribution in [0.3, 0.4) is 0 Å². The molecular formula is C18H4ClF25O2S2. The topological polar surface area (TPSA) is 37.3 Å². The summed E-state index contributed by atoms with van der Waals surface area (Å²) in [6, 6.07) is 0.0767. The van der Waals surface area contributed by atoms with E-state index in [1.165, 1.54) is 0 Å². The van der Waals surface area contributed by atoms with Gasteiger partial charge >= 0.3 is 69.7 Å². The minimum Gasteiger partial charge on any atom is -0.301 e. The number of hydrogen-bond donors (Lipinski definition) is 1. The molecule has 0 saturated carbocycles. The summed E-state index contributed by atoms with van der Waals surface area (Å²) in [6.07, 6.45) is 0. The first-order chi connectivity index (χ1) is 20.6. The van der Waals surface area contributed by atoms with Crippen LogP contribution in [-0.2, 0) is 11.1 Å². The number of alkyl halides is 24. The van der Waals surface area contributed by atoms with Gasteiger partial charge in [-0.05, 0) is 30.0 Å². The Hall–Kier alpha value is -1.78. The zero-order valence-electron chi connectivity index (χ0n) is 20.7. The highest BCUT2D eigenvalue weighted by molar-refractivity contribution is 8.00. The third-order valence-corrected chi connectivity index (χ3v) is 7.63. The van der Waals surface area contributed by atoms with Crippen LogP contribution in [-0.4, -0.2) is 78.5 Å². The van der Waals surface area contributed by atoms with Crippen molar-refractivity contribution in [3.8, 4) is 0 Å². The summed E-state index contributed by atoms with van der Waals surface area (Å²) in [6.45, 7) is 0. The average Bonchev–Trinajstić information content (AvgIpc) is 2.88. The van der Waals surface area contributed by atoms with E-state index < -0.39 is 108 Å². The Morgan fingerprint density at radius 3 is 1.04 bits per heavy atom. The summed E-state index contributed by atoms with van der Waals surface area (Å²) in [5.74, 6) is -94.6. The molecule has 2 nitrogen and oxygen atoms in total. The second-order valence-electron chi connectivity index (χ2n) is 8.70. The molecule has 1 rings (SSSR count). The van der Waals surface area contributed by atoms with E-state index in [9.17, 15) is 114 Å². The van der Waals surface area contributed by atoms with Crippen molar-refractivity contribution < 1.29 is 119 Å². The molecule has 30 heteroatoms. The van der Waals surface area contributed by atoms with Gasteiger partial charge in [0.25, 0.3) is 0 Å². The molecule has 1 aromatic carbocycles. The van der Waals surface area contributed by atoms with Crippen LogP contribution < -0.4 is 0 Å². The van der Waals surface area contributed by atoms with Gasteiger partial charge < -0.3 is 4.55 Å². The van der Waals surface area contributed by atoms with E-state index in [-0.39, 0.29) is 18.2 Å². The van der Waals surface area contributed by atoms with E-state index in [1.807, 2.05) is 0 Å². The van der Waals surface area contributed by atoms with Crippen LogP contribution in [0.5, 0.6) is 0 Å². The van der Waals surface area contributed by atoms with Gasteiger partial charge in [0.2, 0.25) is 11.1 Å². The molecule has 0 spiro atoms. The van der Waals surface area contributed by atoms with Crippen LogP contribution in [0, 0.1) is 5.82 Å². The molecule has 1 unspecified atom stereocenters. The Morgan fingerprint density at radius 1 is 0.500 bits per heavy atom. The molecule has 0 saturated heterocycles. The van der Waals surface area contributed by atoms with Gasteiger partial charge in [0, 0.05) is 9.92 Å². The van der Waals surface area contributed by atoms with Crippen LogP contribution in [0.2, 0.25) is 5.02 Å². The highest BCUT2D eigenvalue weighted by Crippen LogP contribution is 2.68. The largest absolute Gasteiger partial charge is 0.413 e. The highest BCUT2D eigenvalue weighted by atomic mass is 35.5. The molecule has 0 heterocycles. The standard InChI is InChI=1S/C18H4ClF25O2S2/c19-4-1-2-6(5(20)3-4)47-17(41,42)15(37,38)13(33,34)11(29,30)9(25,26)7(21,22)8(23,24)10(27,28)12(31,32)14(35,36)16(39,40)18(43,44)48(45)46/h1-3H,(H,45,46). The van der Waals surface area contributed by atoms with Gasteiger partial charge in [-0.25, -0.2) is 8.60 Å². The van der Waals surface area contributed by atoms with Crippen LogP contribution >= 0.6 is 23.4 Å². The third-order valence-electron chi connectivity index (χ3n) is 5.63. The van der Waals surface area contributed by atoms with Gasteiger partial charge in [-0.1, -0.05) is 11.6 Å². The maximum Gasteiger partial charge on any atom is 0.413 e. The molecule has 282 valence electrons. The van der Waals surface area contributed by atoms with Crippen molar-refractivity contribution in [3.05, 3.63) is 29.0 Å². The second kappa shape index (κ2) is 11.9. The van der Waals surface area contributed by atoms with Crippen molar-refractivity contribution in [2.24, 2.45) is 0 Å². The van der Waals surface area contributed by atoms with E-state index in [0.717, 1.165) is 0 Å². The summed E-state index contributed by atoms with van der Waals surface area (Å²) in [7, 11) is 0.